The third-order valence-corrected chi connectivity index (χ3v) is 3.32. The molecule has 19 heavy (non-hydrogen) atoms. The second kappa shape index (κ2) is 8.91. The quantitative estimate of drug-likeness (QED) is 0.746. The van der Waals surface area contributed by atoms with Crippen molar-refractivity contribution in [3.05, 3.63) is 33.2 Å². The van der Waals surface area contributed by atoms with Crippen molar-refractivity contribution in [2.24, 2.45) is 0 Å². The minimum Gasteiger partial charge on any atom is -0.356 e. The van der Waals surface area contributed by atoms with E-state index in [9.17, 15) is 9.59 Å². The van der Waals surface area contributed by atoms with Gasteiger partial charge in [0.15, 0.2) is 0 Å². The van der Waals surface area contributed by atoms with Crippen LogP contribution in [0, 0.1) is 0 Å². The number of aryl methyl sites for hydroxylation is 1. The Hall–Kier alpha value is -1.10. The molecule has 1 aromatic rings. The number of unbranched alkanes of at least 4 members (excludes halogenated alkanes) is 2. The summed E-state index contributed by atoms with van der Waals surface area (Å²) in [7, 11) is 0. The molecule has 1 amide bonds. The van der Waals surface area contributed by atoms with Crippen LogP contribution in [0.1, 0.15) is 39.0 Å². The standard InChI is InChI=1S/C14H21BrN2O2/c1-2-3-6-13(18)16-9-4-5-10-17-11-12(15)7-8-14(17)19/h7-8,11H,2-6,9-10H2,1H3,(H,16,18). The van der Waals surface area contributed by atoms with Crippen LogP contribution in [0.4, 0.5) is 0 Å². The monoisotopic (exact) mass is 328 g/mol. The molecule has 0 radical (unpaired) electrons. The smallest absolute Gasteiger partial charge is 0.250 e. The number of carbonyl (C=O) groups excluding carboxylic acids is 1. The minimum absolute atomic E-state index is 0.00943. The van der Waals surface area contributed by atoms with Crippen LogP contribution in [-0.2, 0) is 11.3 Å². The predicted octanol–water partition coefficient (Wildman–Crippen LogP) is 2.70. The molecule has 0 spiro atoms. The van der Waals surface area contributed by atoms with Crippen LogP contribution in [-0.4, -0.2) is 17.0 Å². The first-order valence-electron chi connectivity index (χ1n) is 6.76. The van der Waals surface area contributed by atoms with Crippen LogP contribution in [0.2, 0.25) is 0 Å². The molecule has 4 nitrogen and oxygen atoms in total. The van der Waals surface area contributed by atoms with E-state index in [2.05, 4.69) is 28.2 Å². The molecule has 1 heterocycles. The average Bonchev–Trinajstić information content (AvgIpc) is 2.39. The van der Waals surface area contributed by atoms with Gasteiger partial charge in [-0.25, -0.2) is 0 Å². The van der Waals surface area contributed by atoms with Crippen LogP contribution in [0.15, 0.2) is 27.6 Å². The summed E-state index contributed by atoms with van der Waals surface area (Å²) in [5.41, 5.74) is 0.00943. The number of carbonyl (C=O) groups is 1. The van der Waals surface area contributed by atoms with Gasteiger partial charge in [-0.3, -0.25) is 9.59 Å². The maximum Gasteiger partial charge on any atom is 0.250 e. The third kappa shape index (κ3) is 6.57. The Morgan fingerprint density at radius 2 is 2.11 bits per heavy atom. The summed E-state index contributed by atoms with van der Waals surface area (Å²) in [4.78, 5) is 22.9. The summed E-state index contributed by atoms with van der Waals surface area (Å²) < 4.78 is 2.59. The van der Waals surface area contributed by atoms with Crippen LogP contribution in [0.3, 0.4) is 0 Å². The van der Waals surface area contributed by atoms with E-state index in [-0.39, 0.29) is 11.5 Å². The number of rotatable bonds is 8. The highest BCUT2D eigenvalue weighted by molar-refractivity contribution is 9.10. The first-order chi connectivity index (χ1) is 9.13. The Morgan fingerprint density at radius 1 is 1.32 bits per heavy atom. The number of aromatic nitrogens is 1. The van der Waals surface area contributed by atoms with Crippen molar-refractivity contribution in [3.8, 4) is 0 Å². The number of nitrogens with zero attached hydrogens (tertiary/aromatic N) is 1. The number of halogens is 1. The van der Waals surface area contributed by atoms with Crippen molar-refractivity contribution in [1.82, 2.24) is 9.88 Å². The Balaban J connectivity index is 2.19. The van der Waals surface area contributed by atoms with E-state index in [1.165, 1.54) is 0 Å². The van der Waals surface area contributed by atoms with Gasteiger partial charge in [-0.1, -0.05) is 13.3 Å². The normalized spacial score (nSPS) is 10.4. The molecule has 0 atom stereocenters. The van der Waals surface area contributed by atoms with Gasteiger partial charge in [0.2, 0.25) is 5.91 Å². The second-order valence-corrected chi connectivity index (χ2v) is 5.46. The summed E-state index contributed by atoms with van der Waals surface area (Å²) in [6, 6.07) is 3.30. The van der Waals surface area contributed by atoms with Gasteiger partial charge in [-0.15, -0.1) is 0 Å². The van der Waals surface area contributed by atoms with E-state index in [1.54, 1.807) is 22.9 Å². The maximum absolute atomic E-state index is 11.5. The van der Waals surface area contributed by atoms with Crippen LogP contribution < -0.4 is 10.9 Å². The molecule has 0 aliphatic carbocycles. The number of amides is 1. The van der Waals surface area contributed by atoms with E-state index in [0.717, 1.165) is 30.2 Å². The topological polar surface area (TPSA) is 51.1 Å². The lowest BCUT2D eigenvalue weighted by molar-refractivity contribution is -0.121. The molecule has 1 N–H and O–H groups in total. The molecule has 5 heteroatoms. The highest BCUT2D eigenvalue weighted by atomic mass is 79.9. The van der Waals surface area contributed by atoms with E-state index >= 15 is 0 Å². The predicted molar refractivity (Wildman–Crippen MR) is 80.2 cm³/mol. The summed E-state index contributed by atoms with van der Waals surface area (Å²) in [5.74, 6) is 0.126. The average molecular weight is 329 g/mol. The van der Waals surface area contributed by atoms with E-state index in [0.29, 0.717) is 19.5 Å². The zero-order valence-corrected chi connectivity index (χ0v) is 12.9. The molecule has 0 bridgehead atoms. The van der Waals surface area contributed by atoms with E-state index in [4.69, 9.17) is 0 Å². The molecule has 106 valence electrons. The largest absolute Gasteiger partial charge is 0.356 e. The molecule has 0 aliphatic heterocycles. The van der Waals surface area contributed by atoms with Crippen molar-refractivity contribution in [1.29, 1.82) is 0 Å². The van der Waals surface area contributed by atoms with Crippen LogP contribution in [0.5, 0.6) is 0 Å². The highest BCUT2D eigenvalue weighted by Gasteiger charge is 2.00. The van der Waals surface area contributed by atoms with Crippen molar-refractivity contribution in [3.63, 3.8) is 0 Å². The molecule has 0 aromatic carbocycles. The fourth-order valence-corrected chi connectivity index (χ4v) is 2.12. The number of hydrogen-bond donors (Lipinski definition) is 1. The van der Waals surface area contributed by atoms with E-state index < -0.39 is 0 Å². The fraction of sp³-hybridized carbons (Fsp3) is 0.571. The highest BCUT2D eigenvalue weighted by Crippen LogP contribution is 2.05. The fourth-order valence-electron chi connectivity index (χ4n) is 1.74. The Bertz CT molecular complexity index is 457. The van der Waals surface area contributed by atoms with Gasteiger partial charge < -0.3 is 9.88 Å². The molecule has 0 unspecified atom stereocenters. The second-order valence-electron chi connectivity index (χ2n) is 4.54. The van der Waals surface area contributed by atoms with Gasteiger partial charge in [0, 0.05) is 36.2 Å². The van der Waals surface area contributed by atoms with Gasteiger partial charge in [-0.05, 0) is 41.3 Å². The van der Waals surface area contributed by atoms with Gasteiger partial charge >= 0.3 is 0 Å². The molecule has 0 aliphatic rings. The van der Waals surface area contributed by atoms with Gasteiger partial charge in [0.05, 0.1) is 0 Å². The summed E-state index contributed by atoms with van der Waals surface area (Å²) in [6.45, 7) is 3.44. The Morgan fingerprint density at radius 3 is 2.84 bits per heavy atom. The summed E-state index contributed by atoms with van der Waals surface area (Å²) in [6.07, 6.45) is 6.16. The SMILES string of the molecule is CCCCC(=O)NCCCCn1cc(Br)ccc1=O. The van der Waals surface area contributed by atoms with Crippen molar-refractivity contribution in [2.45, 2.75) is 45.6 Å². The molecule has 1 aromatic heterocycles. The lowest BCUT2D eigenvalue weighted by atomic mass is 10.2. The lowest BCUT2D eigenvalue weighted by Crippen LogP contribution is -2.24. The molecular weight excluding hydrogens is 308 g/mol. The minimum atomic E-state index is 0.00943. The number of pyridine rings is 1. The zero-order valence-electron chi connectivity index (χ0n) is 11.3. The number of hydrogen-bond acceptors (Lipinski definition) is 2. The van der Waals surface area contributed by atoms with Crippen LogP contribution >= 0.6 is 15.9 Å². The Kier molecular flexibility index (Phi) is 7.48. The van der Waals surface area contributed by atoms with Gasteiger partial charge in [0.25, 0.3) is 5.56 Å². The van der Waals surface area contributed by atoms with Gasteiger partial charge in [0.1, 0.15) is 0 Å². The third-order valence-electron chi connectivity index (χ3n) is 2.85. The van der Waals surface area contributed by atoms with Crippen molar-refractivity contribution in [2.75, 3.05) is 6.54 Å². The molecule has 0 saturated carbocycles. The van der Waals surface area contributed by atoms with E-state index in [1.807, 2.05) is 0 Å². The summed E-state index contributed by atoms with van der Waals surface area (Å²) >= 11 is 3.35. The molecular formula is C14H21BrN2O2. The van der Waals surface area contributed by atoms with Crippen molar-refractivity contribution < 1.29 is 4.79 Å². The Labute approximate surface area is 122 Å². The molecule has 1 rings (SSSR count). The van der Waals surface area contributed by atoms with Gasteiger partial charge in [-0.2, -0.15) is 0 Å². The van der Waals surface area contributed by atoms with Crippen molar-refractivity contribution >= 4 is 21.8 Å². The molecule has 0 fully saturated rings. The first-order valence-corrected chi connectivity index (χ1v) is 7.55. The zero-order chi connectivity index (χ0) is 14.1. The first kappa shape index (κ1) is 16.0. The summed E-state index contributed by atoms with van der Waals surface area (Å²) in [5, 5.41) is 2.89. The molecule has 0 saturated heterocycles. The lowest BCUT2D eigenvalue weighted by Gasteiger charge is -2.07. The maximum atomic E-state index is 11.5. The number of nitrogens with one attached hydrogen (secondary N) is 1. The van der Waals surface area contributed by atoms with Crippen LogP contribution in [0.25, 0.3) is 0 Å².